The number of hydrogen-bond donors (Lipinski definition) is 2. The maximum absolute atomic E-state index is 11.4. The number of nitrogens with two attached hydrogens (primary N) is 2. The summed E-state index contributed by atoms with van der Waals surface area (Å²) in [6.45, 7) is 1.55. The van der Waals surface area contributed by atoms with Gasteiger partial charge in [-0.3, -0.25) is 9.59 Å². The molecular weight excluding hydrogens is 186 g/mol. The molecule has 1 aromatic rings. The first kappa shape index (κ1) is 9.97. The van der Waals surface area contributed by atoms with E-state index >= 15 is 0 Å². The molecule has 0 saturated carbocycles. The van der Waals surface area contributed by atoms with Crippen LogP contribution in [0.5, 0.6) is 0 Å². The maximum Gasteiger partial charge on any atom is 0.325 e. The molecule has 0 aliphatic heterocycles. The Hall–Kier alpha value is -2.11. The van der Waals surface area contributed by atoms with Crippen molar-refractivity contribution in [3.8, 4) is 0 Å². The number of carbonyl (C=O) groups is 2. The lowest BCUT2D eigenvalue weighted by molar-refractivity contribution is 0.0998. The number of nitrogens with zero attached hydrogens (tertiary/aromatic N) is 1. The van der Waals surface area contributed by atoms with E-state index in [-0.39, 0.29) is 5.56 Å². The Kier molecular flexibility index (Phi) is 2.37. The molecule has 6 heteroatoms. The highest BCUT2D eigenvalue weighted by molar-refractivity contribution is 5.94. The third-order valence-electron chi connectivity index (χ3n) is 1.78. The van der Waals surface area contributed by atoms with Gasteiger partial charge in [0.05, 0.1) is 0 Å². The minimum atomic E-state index is -0.947. The lowest BCUT2D eigenvalue weighted by Crippen LogP contribution is -2.36. The largest absolute Gasteiger partial charge is 0.365 e. The van der Waals surface area contributed by atoms with Crippen LogP contribution in [0.4, 0.5) is 4.79 Å². The molecule has 1 heterocycles. The molecule has 1 aromatic heterocycles. The molecule has 0 bridgehead atoms. The molecule has 0 fully saturated rings. The molecule has 2 amide bonds. The van der Waals surface area contributed by atoms with E-state index in [1.54, 1.807) is 6.92 Å². The van der Waals surface area contributed by atoms with Crippen molar-refractivity contribution in [3.63, 3.8) is 0 Å². The van der Waals surface area contributed by atoms with Gasteiger partial charge in [0, 0.05) is 6.20 Å². The second-order valence-corrected chi connectivity index (χ2v) is 2.75. The average molecular weight is 195 g/mol. The molecule has 1 rings (SSSR count). The number of amides is 2. The van der Waals surface area contributed by atoms with E-state index in [0.29, 0.717) is 10.1 Å². The quantitative estimate of drug-likeness (QED) is 0.611. The van der Waals surface area contributed by atoms with Crippen LogP contribution >= 0.6 is 0 Å². The standard InChI is InChI=1S/C8H9N3O3/c1-4-2-3-11(8(10)14)7(13)5(4)6(9)12/h2-3H,1H3,(H2,9,12)(H2,10,14). The van der Waals surface area contributed by atoms with Gasteiger partial charge in [-0.25, -0.2) is 9.36 Å². The van der Waals surface area contributed by atoms with Gasteiger partial charge in [-0.15, -0.1) is 0 Å². The molecule has 0 unspecified atom stereocenters. The van der Waals surface area contributed by atoms with Gasteiger partial charge in [0.2, 0.25) is 0 Å². The molecule has 0 radical (unpaired) electrons. The number of hydrogen-bond acceptors (Lipinski definition) is 3. The number of primary amides is 2. The van der Waals surface area contributed by atoms with Gasteiger partial charge in [0.1, 0.15) is 5.56 Å². The van der Waals surface area contributed by atoms with Crippen molar-refractivity contribution < 1.29 is 9.59 Å². The summed E-state index contributed by atoms with van der Waals surface area (Å²) >= 11 is 0. The molecule has 4 N–H and O–H groups in total. The van der Waals surface area contributed by atoms with E-state index in [1.807, 2.05) is 0 Å². The van der Waals surface area contributed by atoms with Crippen LogP contribution in [-0.4, -0.2) is 16.5 Å². The van der Waals surface area contributed by atoms with E-state index < -0.39 is 17.5 Å². The first-order valence-corrected chi connectivity index (χ1v) is 3.77. The fraction of sp³-hybridized carbons (Fsp3) is 0.125. The van der Waals surface area contributed by atoms with Crippen LogP contribution < -0.4 is 17.0 Å². The zero-order valence-corrected chi connectivity index (χ0v) is 7.48. The second-order valence-electron chi connectivity index (χ2n) is 2.75. The minimum Gasteiger partial charge on any atom is -0.365 e. The average Bonchev–Trinajstić information content (AvgIpc) is 2.02. The summed E-state index contributed by atoms with van der Waals surface area (Å²) in [6.07, 6.45) is 1.20. The molecule has 0 aliphatic carbocycles. The first-order chi connectivity index (χ1) is 6.45. The van der Waals surface area contributed by atoms with Crippen molar-refractivity contribution in [2.75, 3.05) is 0 Å². The summed E-state index contributed by atoms with van der Waals surface area (Å²) in [5.41, 5.74) is 9.30. The van der Waals surface area contributed by atoms with Crippen molar-refractivity contribution in [3.05, 3.63) is 33.7 Å². The van der Waals surface area contributed by atoms with Crippen LogP contribution in [0.25, 0.3) is 0 Å². The van der Waals surface area contributed by atoms with E-state index in [4.69, 9.17) is 11.5 Å². The summed E-state index contributed by atoms with van der Waals surface area (Å²) in [5.74, 6) is -0.872. The SMILES string of the molecule is Cc1ccn(C(N)=O)c(=O)c1C(N)=O. The number of aryl methyl sites for hydroxylation is 1. The number of aromatic nitrogens is 1. The van der Waals surface area contributed by atoms with E-state index in [0.717, 1.165) is 0 Å². The summed E-state index contributed by atoms with van der Waals surface area (Å²) in [4.78, 5) is 33.0. The van der Waals surface area contributed by atoms with Gasteiger partial charge in [-0.2, -0.15) is 0 Å². The summed E-state index contributed by atoms with van der Waals surface area (Å²) < 4.78 is 0.632. The Morgan fingerprint density at radius 1 is 1.36 bits per heavy atom. The topological polar surface area (TPSA) is 108 Å². The monoisotopic (exact) mass is 195 g/mol. The predicted octanol–water partition coefficient (Wildman–Crippen LogP) is -0.818. The molecule has 0 aromatic carbocycles. The van der Waals surface area contributed by atoms with Gasteiger partial charge >= 0.3 is 6.03 Å². The number of carbonyl (C=O) groups excluding carboxylic acids is 2. The molecule has 6 nitrogen and oxygen atoms in total. The molecule has 74 valence electrons. The molecule has 0 saturated heterocycles. The lowest BCUT2D eigenvalue weighted by Gasteiger charge is -2.04. The van der Waals surface area contributed by atoms with Crippen molar-refractivity contribution in [2.45, 2.75) is 6.92 Å². The van der Waals surface area contributed by atoms with E-state index in [1.165, 1.54) is 12.3 Å². The molecule has 14 heavy (non-hydrogen) atoms. The van der Waals surface area contributed by atoms with Crippen LogP contribution in [0, 0.1) is 6.92 Å². The first-order valence-electron chi connectivity index (χ1n) is 3.77. The third kappa shape index (κ3) is 1.49. The minimum absolute atomic E-state index is 0.216. The van der Waals surface area contributed by atoms with Gasteiger partial charge in [0.15, 0.2) is 0 Å². The molecular formula is C8H9N3O3. The summed E-state index contributed by atoms with van der Waals surface area (Å²) in [5, 5.41) is 0. The Morgan fingerprint density at radius 3 is 2.36 bits per heavy atom. The van der Waals surface area contributed by atoms with Crippen molar-refractivity contribution in [1.29, 1.82) is 0 Å². The fourth-order valence-electron chi connectivity index (χ4n) is 1.10. The van der Waals surface area contributed by atoms with Gasteiger partial charge in [0.25, 0.3) is 11.5 Å². The van der Waals surface area contributed by atoms with Gasteiger partial charge in [-0.05, 0) is 18.6 Å². The Morgan fingerprint density at radius 2 is 1.93 bits per heavy atom. The normalized spacial score (nSPS) is 9.79. The van der Waals surface area contributed by atoms with Crippen LogP contribution in [0.3, 0.4) is 0 Å². The summed E-state index contributed by atoms with van der Waals surface area (Å²) in [7, 11) is 0. The van der Waals surface area contributed by atoms with Gasteiger partial charge < -0.3 is 11.5 Å². The highest BCUT2D eigenvalue weighted by Crippen LogP contribution is 1.99. The lowest BCUT2D eigenvalue weighted by atomic mass is 10.1. The maximum atomic E-state index is 11.4. The van der Waals surface area contributed by atoms with Crippen molar-refractivity contribution in [1.82, 2.24) is 4.57 Å². The Labute approximate surface area is 79.1 Å². The predicted molar refractivity (Wildman–Crippen MR) is 48.9 cm³/mol. The molecule has 0 spiro atoms. The van der Waals surface area contributed by atoms with Crippen LogP contribution in [0.2, 0.25) is 0 Å². The smallest absolute Gasteiger partial charge is 0.325 e. The van der Waals surface area contributed by atoms with Crippen LogP contribution in [-0.2, 0) is 0 Å². The Balaban J connectivity index is 3.58. The molecule has 0 atom stereocenters. The van der Waals surface area contributed by atoms with Crippen LogP contribution in [0.15, 0.2) is 17.1 Å². The Bertz CT molecular complexity index is 461. The second kappa shape index (κ2) is 3.33. The number of rotatable bonds is 1. The highest BCUT2D eigenvalue weighted by atomic mass is 16.2. The van der Waals surface area contributed by atoms with E-state index in [2.05, 4.69) is 0 Å². The zero-order valence-electron chi connectivity index (χ0n) is 7.48. The zero-order chi connectivity index (χ0) is 10.9. The van der Waals surface area contributed by atoms with Gasteiger partial charge in [-0.1, -0.05) is 0 Å². The molecule has 0 aliphatic rings. The highest BCUT2D eigenvalue weighted by Gasteiger charge is 2.14. The van der Waals surface area contributed by atoms with Crippen molar-refractivity contribution >= 4 is 11.9 Å². The number of pyridine rings is 1. The summed E-state index contributed by atoms with van der Waals surface area (Å²) in [6, 6.07) is 0.476. The van der Waals surface area contributed by atoms with E-state index in [9.17, 15) is 14.4 Å². The van der Waals surface area contributed by atoms with Crippen molar-refractivity contribution in [2.24, 2.45) is 11.5 Å². The van der Waals surface area contributed by atoms with Crippen LogP contribution in [0.1, 0.15) is 15.9 Å². The fourth-order valence-corrected chi connectivity index (χ4v) is 1.10. The third-order valence-corrected chi connectivity index (χ3v) is 1.78.